The number of aryl methyl sites for hydroxylation is 1. The molecule has 0 atom stereocenters. The zero-order valence-corrected chi connectivity index (χ0v) is 12.1. The number of anilines is 1. The maximum Gasteiger partial charge on any atom is 0.303 e. The number of benzene rings is 1. The standard InChI is InChI=1S/C15H21NO4/c1-15(2,20-3)10-13(17)16-12-7-5-4-6-11(12)8-9-14(18)19/h4-7H,8-10H2,1-3H3,(H,16,17)(H,18,19). The van der Waals surface area contributed by atoms with Crippen molar-refractivity contribution in [1.29, 1.82) is 0 Å². The average molecular weight is 279 g/mol. The molecule has 20 heavy (non-hydrogen) atoms. The van der Waals surface area contributed by atoms with Crippen LogP contribution in [0.2, 0.25) is 0 Å². The molecule has 0 aliphatic heterocycles. The molecule has 1 amide bonds. The Hall–Kier alpha value is -1.88. The number of amides is 1. The van der Waals surface area contributed by atoms with Crippen molar-refractivity contribution in [1.82, 2.24) is 0 Å². The molecule has 0 fully saturated rings. The molecule has 0 aliphatic carbocycles. The van der Waals surface area contributed by atoms with E-state index in [1.165, 1.54) is 0 Å². The van der Waals surface area contributed by atoms with Crippen LogP contribution in [0.15, 0.2) is 24.3 Å². The quantitative estimate of drug-likeness (QED) is 0.804. The highest BCUT2D eigenvalue weighted by Gasteiger charge is 2.21. The Morgan fingerprint density at radius 2 is 1.95 bits per heavy atom. The minimum atomic E-state index is -0.855. The SMILES string of the molecule is COC(C)(C)CC(=O)Nc1ccccc1CCC(=O)O. The molecule has 0 aromatic heterocycles. The summed E-state index contributed by atoms with van der Waals surface area (Å²) in [5, 5.41) is 11.5. The minimum Gasteiger partial charge on any atom is -0.481 e. The highest BCUT2D eigenvalue weighted by molar-refractivity contribution is 5.92. The van der Waals surface area contributed by atoms with E-state index in [-0.39, 0.29) is 18.7 Å². The van der Waals surface area contributed by atoms with Crippen LogP contribution in [-0.4, -0.2) is 29.7 Å². The van der Waals surface area contributed by atoms with Crippen LogP contribution in [-0.2, 0) is 20.7 Å². The Bertz CT molecular complexity index is 483. The van der Waals surface area contributed by atoms with Crippen molar-refractivity contribution in [3.8, 4) is 0 Å². The Morgan fingerprint density at radius 3 is 2.55 bits per heavy atom. The normalized spacial score (nSPS) is 11.2. The van der Waals surface area contributed by atoms with Crippen LogP contribution in [0.4, 0.5) is 5.69 Å². The van der Waals surface area contributed by atoms with Crippen molar-refractivity contribution < 1.29 is 19.4 Å². The Balaban J connectivity index is 2.72. The highest BCUT2D eigenvalue weighted by Crippen LogP contribution is 2.19. The molecule has 0 spiro atoms. The molecule has 0 saturated carbocycles. The Morgan fingerprint density at radius 1 is 1.30 bits per heavy atom. The lowest BCUT2D eigenvalue weighted by Crippen LogP contribution is -2.29. The number of methoxy groups -OCH3 is 1. The summed E-state index contributed by atoms with van der Waals surface area (Å²) in [5.74, 6) is -1.01. The smallest absolute Gasteiger partial charge is 0.303 e. The third kappa shape index (κ3) is 5.40. The van der Waals surface area contributed by atoms with Crippen LogP contribution in [0.25, 0.3) is 0 Å². The second-order valence-electron chi connectivity index (χ2n) is 5.24. The highest BCUT2D eigenvalue weighted by atomic mass is 16.5. The number of ether oxygens (including phenoxy) is 1. The largest absolute Gasteiger partial charge is 0.481 e. The van der Waals surface area contributed by atoms with Crippen LogP contribution in [0.5, 0.6) is 0 Å². The van der Waals surface area contributed by atoms with E-state index in [1.807, 2.05) is 26.0 Å². The summed E-state index contributed by atoms with van der Waals surface area (Å²) in [6, 6.07) is 7.22. The maximum atomic E-state index is 12.0. The number of aliphatic carboxylic acids is 1. The lowest BCUT2D eigenvalue weighted by molar-refractivity contribution is -0.137. The molecule has 110 valence electrons. The zero-order chi connectivity index (χ0) is 15.2. The van der Waals surface area contributed by atoms with Gasteiger partial charge in [-0.1, -0.05) is 18.2 Å². The number of carboxylic acid groups (broad SMARTS) is 1. The second kappa shape index (κ2) is 7.05. The molecule has 2 N–H and O–H groups in total. The van der Waals surface area contributed by atoms with Crippen LogP contribution >= 0.6 is 0 Å². The van der Waals surface area contributed by atoms with Gasteiger partial charge in [0.15, 0.2) is 0 Å². The fraction of sp³-hybridized carbons (Fsp3) is 0.467. The van der Waals surface area contributed by atoms with Gasteiger partial charge in [0.25, 0.3) is 0 Å². The molecule has 0 bridgehead atoms. The first kappa shape index (κ1) is 16.2. The van der Waals surface area contributed by atoms with Gasteiger partial charge in [0, 0.05) is 19.2 Å². The summed E-state index contributed by atoms with van der Waals surface area (Å²) in [6.45, 7) is 3.67. The summed E-state index contributed by atoms with van der Waals surface area (Å²) >= 11 is 0. The number of carbonyl (C=O) groups is 2. The van der Waals surface area contributed by atoms with Crippen LogP contribution in [0.3, 0.4) is 0 Å². The molecule has 5 heteroatoms. The van der Waals surface area contributed by atoms with Crippen LogP contribution in [0, 0.1) is 0 Å². The van der Waals surface area contributed by atoms with E-state index in [0.717, 1.165) is 5.56 Å². The van der Waals surface area contributed by atoms with Gasteiger partial charge in [-0.3, -0.25) is 9.59 Å². The Labute approximate surface area is 118 Å². The predicted octanol–water partition coefficient (Wildman–Crippen LogP) is 2.46. The molecular formula is C15H21NO4. The van der Waals surface area contributed by atoms with Gasteiger partial charge in [-0.2, -0.15) is 0 Å². The van der Waals surface area contributed by atoms with E-state index in [2.05, 4.69) is 5.32 Å². The van der Waals surface area contributed by atoms with Crippen molar-refractivity contribution in [2.45, 2.75) is 38.7 Å². The lowest BCUT2D eigenvalue weighted by atomic mass is 10.0. The summed E-state index contributed by atoms with van der Waals surface area (Å²) in [6.07, 6.45) is 0.659. The van der Waals surface area contributed by atoms with Crippen molar-refractivity contribution in [3.05, 3.63) is 29.8 Å². The fourth-order valence-corrected chi connectivity index (χ4v) is 1.76. The predicted molar refractivity (Wildman–Crippen MR) is 76.7 cm³/mol. The molecule has 0 aliphatic rings. The number of hydrogen-bond acceptors (Lipinski definition) is 3. The fourth-order valence-electron chi connectivity index (χ4n) is 1.76. The van der Waals surface area contributed by atoms with Gasteiger partial charge >= 0.3 is 5.97 Å². The third-order valence-electron chi connectivity index (χ3n) is 3.04. The number of hydrogen-bond donors (Lipinski definition) is 2. The zero-order valence-electron chi connectivity index (χ0n) is 12.1. The van der Waals surface area contributed by atoms with Gasteiger partial charge in [0.2, 0.25) is 5.91 Å². The van der Waals surface area contributed by atoms with E-state index < -0.39 is 11.6 Å². The number of nitrogens with one attached hydrogen (secondary N) is 1. The van der Waals surface area contributed by atoms with Gasteiger partial charge < -0.3 is 15.2 Å². The van der Waals surface area contributed by atoms with Crippen molar-refractivity contribution in [2.24, 2.45) is 0 Å². The topological polar surface area (TPSA) is 75.6 Å². The van der Waals surface area contributed by atoms with Crippen LogP contribution in [0.1, 0.15) is 32.3 Å². The molecule has 1 aromatic carbocycles. The Kier molecular flexibility index (Phi) is 5.70. The van der Waals surface area contributed by atoms with E-state index in [1.54, 1.807) is 19.2 Å². The molecular weight excluding hydrogens is 258 g/mol. The van der Waals surface area contributed by atoms with E-state index >= 15 is 0 Å². The molecule has 1 rings (SSSR count). The minimum absolute atomic E-state index is 0.0381. The number of rotatable bonds is 7. The number of carbonyl (C=O) groups excluding carboxylic acids is 1. The molecule has 5 nitrogen and oxygen atoms in total. The summed E-state index contributed by atoms with van der Waals surface area (Å²) in [5.41, 5.74) is 0.948. The van der Waals surface area contributed by atoms with Crippen LogP contribution < -0.4 is 5.32 Å². The molecule has 1 aromatic rings. The van der Waals surface area contributed by atoms with E-state index in [0.29, 0.717) is 12.1 Å². The first-order chi connectivity index (χ1) is 9.34. The average Bonchev–Trinajstić information content (AvgIpc) is 2.37. The van der Waals surface area contributed by atoms with Gasteiger partial charge in [-0.25, -0.2) is 0 Å². The first-order valence-corrected chi connectivity index (χ1v) is 6.49. The number of para-hydroxylation sites is 1. The van der Waals surface area contributed by atoms with Gasteiger partial charge in [-0.15, -0.1) is 0 Å². The first-order valence-electron chi connectivity index (χ1n) is 6.49. The molecule has 0 unspecified atom stereocenters. The van der Waals surface area contributed by atoms with Gasteiger partial charge in [0.05, 0.1) is 12.0 Å². The van der Waals surface area contributed by atoms with Gasteiger partial charge in [-0.05, 0) is 31.9 Å². The van der Waals surface area contributed by atoms with E-state index in [4.69, 9.17) is 9.84 Å². The monoisotopic (exact) mass is 279 g/mol. The maximum absolute atomic E-state index is 12.0. The third-order valence-corrected chi connectivity index (χ3v) is 3.04. The van der Waals surface area contributed by atoms with E-state index in [9.17, 15) is 9.59 Å². The molecule has 0 saturated heterocycles. The van der Waals surface area contributed by atoms with Crippen molar-refractivity contribution in [3.63, 3.8) is 0 Å². The summed E-state index contributed by atoms with van der Waals surface area (Å²) in [7, 11) is 1.56. The second-order valence-corrected chi connectivity index (χ2v) is 5.24. The van der Waals surface area contributed by atoms with Crippen molar-refractivity contribution >= 4 is 17.6 Å². The lowest BCUT2D eigenvalue weighted by Gasteiger charge is -2.22. The van der Waals surface area contributed by atoms with Crippen molar-refractivity contribution in [2.75, 3.05) is 12.4 Å². The number of carboxylic acids is 1. The summed E-state index contributed by atoms with van der Waals surface area (Å²) < 4.78 is 5.22. The van der Waals surface area contributed by atoms with Gasteiger partial charge in [0.1, 0.15) is 0 Å². The summed E-state index contributed by atoms with van der Waals surface area (Å²) in [4.78, 5) is 22.6. The molecule has 0 radical (unpaired) electrons. The molecule has 0 heterocycles.